The Hall–Kier alpha value is -2.00. The lowest BCUT2D eigenvalue weighted by atomic mass is 10.1. The van der Waals surface area contributed by atoms with E-state index in [4.69, 9.17) is 4.74 Å². The highest BCUT2D eigenvalue weighted by molar-refractivity contribution is 5.39. The van der Waals surface area contributed by atoms with Gasteiger partial charge in [-0.05, 0) is 30.7 Å². The van der Waals surface area contributed by atoms with E-state index < -0.39 is 0 Å². The van der Waals surface area contributed by atoms with Gasteiger partial charge in [-0.2, -0.15) is 0 Å². The van der Waals surface area contributed by atoms with Crippen LogP contribution in [0.5, 0.6) is 11.5 Å². The Morgan fingerprint density at radius 2 is 1.89 bits per heavy atom. The summed E-state index contributed by atoms with van der Waals surface area (Å²) in [5, 5.41) is 13.2. The van der Waals surface area contributed by atoms with E-state index >= 15 is 0 Å². The summed E-state index contributed by atoms with van der Waals surface area (Å²) >= 11 is 0. The van der Waals surface area contributed by atoms with Crippen LogP contribution in [0.2, 0.25) is 0 Å². The zero-order valence-corrected chi connectivity index (χ0v) is 11.3. The van der Waals surface area contributed by atoms with Crippen molar-refractivity contribution in [3.8, 4) is 11.5 Å². The number of phenols is 1. The largest absolute Gasteiger partial charge is 0.508 e. The van der Waals surface area contributed by atoms with E-state index in [0.29, 0.717) is 6.54 Å². The van der Waals surface area contributed by atoms with Crippen molar-refractivity contribution < 1.29 is 9.84 Å². The standard InChI is InChI=1S/C16H19NO2/c1-12(13-6-4-3-5-7-13)17-11-14-10-15(19-2)8-9-16(14)18/h3-10,12,17-18H,11H2,1-2H3/t12-/m0/s1. The Kier molecular flexibility index (Phi) is 4.42. The quantitative estimate of drug-likeness (QED) is 0.864. The van der Waals surface area contributed by atoms with Gasteiger partial charge in [0.1, 0.15) is 11.5 Å². The van der Waals surface area contributed by atoms with Crippen LogP contribution >= 0.6 is 0 Å². The second-order valence-corrected chi connectivity index (χ2v) is 4.51. The number of methoxy groups -OCH3 is 1. The smallest absolute Gasteiger partial charge is 0.120 e. The molecule has 0 heterocycles. The molecule has 0 aliphatic carbocycles. The molecule has 19 heavy (non-hydrogen) atoms. The second-order valence-electron chi connectivity index (χ2n) is 4.51. The Morgan fingerprint density at radius 1 is 1.16 bits per heavy atom. The first-order valence-corrected chi connectivity index (χ1v) is 6.35. The van der Waals surface area contributed by atoms with Gasteiger partial charge >= 0.3 is 0 Å². The van der Waals surface area contributed by atoms with Crippen molar-refractivity contribution in [3.63, 3.8) is 0 Å². The van der Waals surface area contributed by atoms with Crippen molar-refractivity contribution in [3.05, 3.63) is 59.7 Å². The minimum absolute atomic E-state index is 0.229. The molecule has 3 nitrogen and oxygen atoms in total. The van der Waals surface area contributed by atoms with Crippen LogP contribution in [-0.2, 0) is 6.54 Å². The average molecular weight is 257 g/mol. The van der Waals surface area contributed by atoms with Gasteiger partial charge < -0.3 is 15.2 Å². The molecule has 2 aromatic rings. The van der Waals surface area contributed by atoms with Crippen LogP contribution in [0.1, 0.15) is 24.1 Å². The maximum Gasteiger partial charge on any atom is 0.120 e. The molecule has 2 rings (SSSR count). The lowest BCUT2D eigenvalue weighted by molar-refractivity contribution is 0.409. The molecule has 3 heteroatoms. The van der Waals surface area contributed by atoms with Crippen molar-refractivity contribution in [1.29, 1.82) is 0 Å². The lowest BCUT2D eigenvalue weighted by Crippen LogP contribution is -2.18. The molecule has 1 atom stereocenters. The molecule has 0 spiro atoms. The van der Waals surface area contributed by atoms with Crippen molar-refractivity contribution in [1.82, 2.24) is 5.32 Å². The Labute approximate surface area is 113 Å². The molecule has 0 aromatic heterocycles. The van der Waals surface area contributed by atoms with Crippen LogP contribution in [-0.4, -0.2) is 12.2 Å². The van der Waals surface area contributed by atoms with Crippen LogP contribution < -0.4 is 10.1 Å². The van der Waals surface area contributed by atoms with E-state index in [9.17, 15) is 5.11 Å². The normalized spacial score (nSPS) is 12.1. The highest BCUT2D eigenvalue weighted by Gasteiger charge is 2.07. The van der Waals surface area contributed by atoms with Crippen LogP contribution in [0.4, 0.5) is 0 Å². The molecule has 0 saturated heterocycles. The molecule has 0 fully saturated rings. The van der Waals surface area contributed by atoms with Gasteiger partial charge in [-0.25, -0.2) is 0 Å². The first-order chi connectivity index (χ1) is 9.20. The summed E-state index contributed by atoms with van der Waals surface area (Å²) in [6.45, 7) is 2.70. The predicted molar refractivity (Wildman–Crippen MR) is 76.4 cm³/mol. The van der Waals surface area contributed by atoms with Crippen molar-refractivity contribution in [2.45, 2.75) is 19.5 Å². The molecule has 2 N–H and O–H groups in total. The Morgan fingerprint density at radius 3 is 2.58 bits per heavy atom. The maximum atomic E-state index is 9.82. The van der Waals surface area contributed by atoms with E-state index in [-0.39, 0.29) is 11.8 Å². The first-order valence-electron chi connectivity index (χ1n) is 6.35. The van der Waals surface area contributed by atoms with Gasteiger partial charge in [0.15, 0.2) is 0 Å². The highest BCUT2D eigenvalue weighted by atomic mass is 16.5. The summed E-state index contributed by atoms with van der Waals surface area (Å²) in [5.41, 5.74) is 2.06. The molecule has 0 bridgehead atoms. The van der Waals surface area contributed by atoms with Gasteiger partial charge in [-0.15, -0.1) is 0 Å². The Bertz CT molecular complexity index is 526. The van der Waals surface area contributed by atoms with Crippen LogP contribution in [0.15, 0.2) is 48.5 Å². The third-order valence-electron chi connectivity index (χ3n) is 3.18. The van der Waals surface area contributed by atoms with Gasteiger partial charge in [-0.3, -0.25) is 0 Å². The minimum Gasteiger partial charge on any atom is -0.508 e. The number of aromatic hydroxyl groups is 1. The molecule has 0 aliphatic heterocycles. The zero-order valence-electron chi connectivity index (χ0n) is 11.3. The molecular formula is C16H19NO2. The number of hydrogen-bond acceptors (Lipinski definition) is 3. The Balaban J connectivity index is 2.02. The van der Waals surface area contributed by atoms with E-state index in [1.807, 2.05) is 24.3 Å². The fourth-order valence-corrected chi connectivity index (χ4v) is 1.95. The lowest BCUT2D eigenvalue weighted by Gasteiger charge is -2.15. The fourth-order valence-electron chi connectivity index (χ4n) is 1.95. The van der Waals surface area contributed by atoms with Crippen molar-refractivity contribution in [2.75, 3.05) is 7.11 Å². The highest BCUT2D eigenvalue weighted by Crippen LogP contribution is 2.23. The summed E-state index contributed by atoms with van der Waals surface area (Å²) in [5.74, 6) is 1.04. The summed E-state index contributed by atoms with van der Waals surface area (Å²) in [6, 6.07) is 15.7. The molecule has 0 aliphatic rings. The number of hydrogen-bond donors (Lipinski definition) is 2. The summed E-state index contributed by atoms with van der Waals surface area (Å²) in [7, 11) is 1.62. The molecule has 100 valence electrons. The van der Waals surface area contributed by atoms with E-state index in [2.05, 4.69) is 24.4 Å². The van der Waals surface area contributed by atoms with E-state index in [1.165, 1.54) is 5.56 Å². The monoisotopic (exact) mass is 257 g/mol. The van der Waals surface area contributed by atoms with Crippen LogP contribution in [0, 0.1) is 0 Å². The SMILES string of the molecule is COc1ccc(O)c(CN[C@@H](C)c2ccccc2)c1. The number of rotatable bonds is 5. The third-order valence-corrected chi connectivity index (χ3v) is 3.18. The maximum absolute atomic E-state index is 9.82. The van der Waals surface area contributed by atoms with Gasteiger partial charge in [0.25, 0.3) is 0 Å². The average Bonchev–Trinajstić information content (AvgIpc) is 2.47. The van der Waals surface area contributed by atoms with Crippen molar-refractivity contribution >= 4 is 0 Å². The topological polar surface area (TPSA) is 41.5 Å². The van der Waals surface area contributed by atoms with Crippen LogP contribution in [0.25, 0.3) is 0 Å². The summed E-state index contributed by atoms with van der Waals surface area (Å²) in [4.78, 5) is 0. The van der Waals surface area contributed by atoms with E-state index in [1.54, 1.807) is 19.2 Å². The number of nitrogens with one attached hydrogen (secondary N) is 1. The van der Waals surface area contributed by atoms with Gasteiger partial charge in [0.05, 0.1) is 7.11 Å². The molecule has 0 amide bonds. The molecular weight excluding hydrogens is 238 g/mol. The first kappa shape index (κ1) is 13.4. The summed E-state index contributed by atoms with van der Waals surface area (Å²) in [6.07, 6.45) is 0. The predicted octanol–water partition coefficient (Wildman–Crippen LogP) is 3.25. The molecule has 0 saturated carbocycles. The molecule has 0 radical (unpaired) electrons. The van der Waals surface area contributed by atoms with E-state index in [0.717, 1.165) is 11.3 Å². The number of benzene rings is 2. The van der Waals surface area contributed by atoms with Crippen molar-refractivity contribution in [2.24, 2.45) is 0 Å². The second kappa shape index (κ2) is 6.25. The van der Waals surface area contributed by atoms with Gasteiger partial charge in [0, 0.05) is 18.2 Å². The third kappa shape index (κ3) is 3.48. The van der Waals surface area contributed by atoms with Gasteiger partial charge in [0.2, 0.25) is 0 Å². The number of ether oxygens (including phenoxy) is 1. The fraction of sp³-hybridized carbons (Fsp3) is 0.250. The number of phenolic OH excluding ortho intramolecular Hbond substituents is 1. The summed E-state index contributed by atoms with van der Waals surface area (Å²) < 4.78 is 5.16. The zero-order chi connectivity index (χ0) is 13.7. The minimum atomic E-state index is 0.229. The van der Waals surface area contributed by atoms with Gasteiger partial charge in [-0.1, -0.05) is 30.3 Å². The van der Waals surface area contributed by atoms with Crippen LogP contribution in [0.3, 0.4) is 0 Å². The molecule has 2 aromatic carbocycles. The molecule has 0 unspecified atom stereocenters.